The SMILES string of the molecule is O=NC(=O)CCCCc1cc2cc(C(=O)N3CC[C@H](c4ccccc4)C3)ccc2nc1-c1ccccc1. The van der Waals surface area contributed by atoms with Crippen molar-refractivity contribution in [1.29, 1.82) is 0 Å². The number of aromatic nitrogens is 1. The zero-order chi connectivity index (χ0) is 25.6. The van der Waals surface area contributed by atoms with Gasteiger partial charge in [0.25, 0.3) is 11.8 Å². The summed E-state index contributed by atoms with van der Waals surface area (Å²) in [4.78, 5) is 42.0. The highest BCUT2D eigenvalue weighted by Crippen LogP contribution is 2.30. The minimum absolute atomic E-state index is 0.0499. The molecule has 0 N–H and O–H groups in total. The summed E-state index contributed by atoms with van der Waals surface area (Å²) >= 11 is 0. The van der Waals surface area contributed by atoms with Gasteiger partial charge in [0, 0.05) is 47.1 Å². The van der Waals surface area contributed by atoms with E-state index < -0.39 is 5.91 Å². The zero-order valence-electron chi connectivity index (χ0n) is 20.7. The van der Waals surface area contributed by atoms with E-state index in [1.807, 2.05) is 59.5 Å². The third kappa shape index (κ3) is 5.64. The van der Waals surface area contributed by atoms with Gasteiger partial charge in [0.1, 0.15) is 0 Å². The van der Waals surface area contributed by atoms with Crippen molar-refractivity contribution in [2.75, 3.05) is 13.1 Å². The molecule has 1 aromatic heterocycles. The predicted molar refractivity (Wildman–Crippen MR) is 145 cm³/mol. The average molecular weight is 492 g/mol. The van der Waals surface area contributed by atoms with Crippen molar-refractivity contribution in [2.24, 2.45) is 5.18 Å². The fraction of sp³-hybridized carbons (Fsp3) is 0.258. The Bertz CT molecular complexity index is 1420. The third-order valence-corrected chi connectivity index (χ3v) is 7.12. The van der Waals surface area contributed by atoms with Crippen molar-refractivity contribution >= 4 is 22.7 Å². The lowest BCUT2D eigenvalue weighted by Gasteiger charge is -2.17. The highest BCUT2D eigenvalue weighted by Gasteiger charge is 2.28. The number of fused-ring (bicyclic) bond motifs is 1. The molecular weight excluding hydrogens is 462 g/mol. The zero-order valence-corrected chi connectivity index (χ0v) is 20.7. The van der Waals surface area contributed by atoms with Crippen LogP contribution in [0.1, 0.15) is 53.1 Å². The highest BCUT2D eigenvalue weighted by atomic mass is 16.3. The van der Waals surface area contributed by atoms with E-state index in [1.165, 1.54) is 5.56 Å². The molecule has 37 heavy (non-hydrogen) atoms. The van der Waals surface area contributed by atoms with Gasteiger partial charge in [0.05, 0.1) is 11.2 Å². The minimum atomic E-state index is -0.612. The van der Waals surface area contributed by atoms with Crippen LogP contribution in [0.2, 0.25) is 0 Å². The van der Waals surface area contributed by atoms with E-state index in [0.717, 1.165) is 53.7 Å². The van der Waals surface area contributed by atoms with Crippen molar-refractivity contribution in [1.82, 2.24) is 9.88 Å². The molecule has 4 aromatic rings. The van der Waals surface area contributed by atoms with Crippen LogP contribution < -0.4 is 0 Å². The molecule has 1 saturated heterocycles. The number of carbonyl (C=O) groups excluding carboxylic acids is 2. The maximum Gasteiger partial charge on any atom is 0.286 e. The molecule has 1 aliphatic heterocycles. The van der Waals surface area contributed by atoms with Crippen molar-refractivity contribution in [3.8, 4) is 11.3 Å². The van der Waals surface area contributed by atoms with Gasteiger partial charge in [-0.2, -0.15) is 0 Å². The van der Waals surface area contributed by atoms with E-state index in [1.54, 1.807) is 0 Å². The number of hydrogen-bond acceptors (Lipinski definition) is 4. The smallest absolute Gasteiger partial charge is 0.286 e. The number of nitroso groups, excluding NO2 is 1. The van der Waals surface area contributed by atoms with Crippen LogP contribution in [0.5, 0.6) is 0 Å². The molecule has 6 heteroatoms. The van der Waals surface area contributed by atoms with Crippen LogP contribution in [-0.2, 0) is 11.2 Å². The standard InChI is InChI=1S/C31H29N3O3/c35-29(33-37)14-8-7-13-24-19-27-20-25(15-16-28(27)32-30(24)23-11-5-2-6-12-23)31(36)34-18-17-26(21-34)22-9-3-1-4-10-22/h1-6,9-12,15-16,19-20,26H,7-8,13-14,17-18,21H2/t26-/m0/s1. The quantitative estimate of drug-likeness (QED) is 0.207. The third-order valence-electron chi connectivity index (χ3n) is 7.12. The van der Waals surface area contributed by atoms with Crippen molar-refractivity contribution < 1.29 is 9.59 Å². The monoisotopic (exact) mass is 491 g/mol. The molecule has 0 radical (unpaired) electrons. The van der Waals surface area contributed by atoms with Gasteiger partial charge in [-0.25, -0.2) is 4.98 Å². The molecule has 0 unspecified atom stereocenters. The molecule has 1 atom stereocenters. The number of nitrogens with zero attached hydrogens (tertiary/aromatic N) is 3. The lowest BCUT2D eigenvalue weighted by molar-refractivity contribution is -0.118. The molecule has 1 fully saturated rings. The number of likely N-dealkylation sites (tertiary alicyclic amines) is 1. The first kappa shape index (κ1) is 24.5. The summed E-state index contributed by atoms with van der Waals surface area (Å²) in [6.07, 6.45) is 3.16. The number of amides is 2. The number of unbranched alkanes of at least 4 members (excludes halogenated alkanes) is 1. The Balaban J connectivity index is 1.39. The number of carbonyl (C=O) groups is 2. The Hall–Kier alpha value is -4.19. The molecule has 5 rings (SSSR count). The van der Waals surface area contributed by atoms with Crippen LogP contribution >= 0.6 is 0 Å². The molecule has 0 aliphatic carbocycles. The fourth-order valence-corrected chi connectivity index (χ4v) is 5.15. The van der Waals surface area contributed by atoms with Gasteiger partial charge < -0.3 is 4.90 Å². The average Bonchev–Trinajstić information content (AvgIpc) is 3.45. The van der Waals surface area contributed by atoms with Crippen LogP contribution in [0, 0.1) is 4.91 Å². The lowest BCUT2D eigenvalue weighted by atomic mass is 9.98. The summed E-state index contributed by atoms with van der Waals surface area (Å²) in [5.74, 6) is -0.193. The van der Waals surface area contributed by atoms with Gasteiger partial charge in [-0.15, -0.1) is 4.91 Å². The van der Waals surface area contributed by atoms with Gasteiger partial charge >= 0.3 is 0 Å². The summed E-state index contributed by atoms with van der Waals surface area (Å²) < 4.78 is 0. The Kier molecular flexibility index (Phi) is 7.45. The Labute approximate surface area is 216 Å². The lowest BCUT2D eigenvalue weighted by Crippen LogP contribution is -2.28. The van der Waals surface area contributed by atoms with Gasteiger partial charge in [-0.3, -0.25) is 9.59 Å². The topological polar surface area (TPSA) is 79.7 Å². The van der Waals surface area contributed by atoms with Gasteiger partial charge in [-0.1, -0.05) is 60.7 Å². The van der Waals surface area contributed by atoms with Gasteiger partial charge in [0.15, 0.2) is 0 Å². The first-order valence-corrected chi connectivity index (χ1v) is 12.8. The van der Waals surface area contributed by atoms with Crippen molar-refractivity contribution in [3.05, 3.63) is 107 Å². The summed E-state index contributed by atoms with van der Waals surface area (Å²) in [5.41, 5.74) is 5.77. The second-order valence-electron chi connectivity index (χ2n) is 9.61. The first-order chi connectivity index (χ1) is 18.1. The summed E-state index contributed by atoms with van der Waals surface area (Å²) in [7, 11) is 0. The normalized spacial score (nSPS) is 15.1. The molecule has 0 bridgehead atoms. The fourth-order valence-electron chi connectivity index (χ4n) is 5.15. The van der Waals surface area contributed by atoms with E-state index in [9.17, 15) is 14.5 Å². The first-order valence-electron chi connectivity index (χ1n) is 12.8. The molecule has 1 aliphatic rings. The molecule has 2 amide bonds. The maximum atomic E-state index is 13.4. The van der Waals surface area contributed by atoms with E-state index in [4.69, 9.17) is 4.98 Å². The number of rotatable bonds is 8. The summed E-state index contributed by atoms with van der Waals surface area (Å²) in [6.45, 7) is 1.48. The number of aryl methyl sites for hydroxylation is 1. The minimum Gasteiger partial charge on any atom is -0.338 e. The van der Waals surface area contributed by atoms with Crippen LogP contribution in [-0.4, -0.2) is 34.8 Å². The van der Waals surface area contributed by atoms with Gasteiger partial charge in [0.2, 0.25) is 0 Å². The molecule has 0 saturated carbocycles. The Morgan fingerprint density at radius 2 is 1.68 bits per heavy atom. The summed E-state index contributed by atoms with van der Waals surface area (Å²) in [5, 5.41) is 3.40. The number of benzene rings is 3. The van der Waals surface area contributed by atoms with Crippen LogP contribution in [0.25, 0.3) is 22.2 Å². The highest BCUT2D eigenvalue weighted by molar-refractivity contribution is 5.98. The van der Waals surface area contributed by atoms with E-state index in [-0.39, 0.29) is 12.3 Å². The molecule has 0 spiro atoms. The molecule has 6 nitrogen and oxygen atoms in total. The largest absolute Gasteiger partial charge is 0.338 e. The molecular formula is C31H29N3O3. The van der Waals surface area contributed by atoms with E-state index in [2.05, 4.69) is 35.5 Å². The van der Waals surface area contributed by atoms with Crippen molar-refractivity contribution in [3.63, 3.8) is 0 Å². The molecule has 186 valence electrons. The van der Waals surface area contributed by atoms with E-state index in [0.29, 0.717) is 24.3 Å². The molecule has 2 heterocycles. The molecule has 3 aromatic carbocycles. The van der Waals surface area contributed by atoms with Gasteiger partial charge in [-0.05, 0) is 61.1 Å². The van der Waals surface area contributed by atoms with Crippen molar-refractivity contribution in [2.45, 2.75) is 38.0 Å². The van der Waals surface area contributed by atoms with Crippen LogP contribution in [0.4, 0.5) is 0 Å². The number of hydrogen-bond donors (Lipinski definition) is 0. The van der Waals surface area contributed by atoms with E-state index >= 15 is 0 Å². The Morgan fingerprint density at radius 3 is 2.43 bits per heavy atom. The van der Waals surface area contributed by atoms with Crippen LogP contribution in [0.3, 0.4) is 0 Å². The second-order valence-corrected chi connectivity index (χ2v) is 9.61. The predicted octanol–water partition coefficient (Wildman–Crippen LogP) is 6.54. The van der Waals surface area contributed by atoms with Crippen LogP contribution in [0.15, 0.2) is 90.1 Å². The number of pyridine rings is 1. The maximum absolute atomic E-state index is 13.4. The second kappa shape index (κ2) is 11.2. The Morgan fingerprint density at radius 1 is 0.919 bits per heavy atom. The summed E-state index contributed by atoms with van der Waals surface area (Å²) in [6, 6.07) is 28.3.